The summed E-state index contributed by atoms with van der Waals surface area (Å²) in [6.07, 6.45) is 6.75. The highest BCUT2D eigenvalue weighted by Crippen LogP contribution is 2.52. The first-order valence-electron chi connectivity index (χ1n) is 7.86. The van der Waals surface area contributed by atoms with Gasteiger partial charge in [0.25, 0.3) is 0 Å². The van der Waals surface area contributed by atoms with E-state index in [0.29, 0.717) is 17.4 Å². The smallest absolute Gasteiger partial charge is 0.335 e. The number of anilines is 1. The van der Waals surface area contributed by atoms with E-state index in [1.807, 2.05) is 0 Å². The standard InChI is InChI=1S/C17H20N2O2/c20-17(21)12-1-3-15(4-2-12)18-19-16-13-6-10-5-11(8-13)9-14(16)7-10/h1-4,10-11,13-14,18H,5-9H2,(H,20,21). The van der Waals surface area contributed by atoms with Crippen LogP contribution < -0.4 is 5.43 Å². The molecule has 5 rings (SSSR count). The maximum Gasteiger partial charge on any atom is 0.335 e. The van der Waals surface area contributed by atoms with Crippen LogP contribution in [0.1, 0.15) is 42.5 Å². The van der Waals surface area contributed by atoms with E-state index in [1.165, 1.54) is 37.8 Å². The lowest BCUT2D eigenvalue weighted by Gasteiger charge is -2.50. The zero-order chi connectivity index (χ0) is 14.4. The summed E-state index contributed by atoms with van der Waals surface area (Å²) in [5.41, 5.74) is 5.67. The molecule has 0 aliphatic heterocycles. The Morgan fingerprint density at radius 2 is 1.57 bits per heavy atom. The van der Waals surface area contributed by atoms with Gasteiger partial charge in [-0.3, -0.25) is 5.43 Å². The lowest BCUT2D eigenvalue weighted by molar-refractivity contribution is 0.0697. The monoisotopic (exact) mass is 284 g/mol. The number of nitrogens with zero attached hydrogens (tertiary/aromatic N) is 1. The van der Waals surface area contributed by atoms with Crippen LogP contribution in [-0.2, 0) is 0 Å². The Kier molecular flexibility index (Phi) is 2.98. The summed E-state index contributed by atoms with van der Waals surface area (Å²) in [7, 11) is 0. The number of hydrogen-bond acceptors (Lipinski definition) is 3. The summed E-state index contributed by atoms with van der Waals surface area (Å²) in [5.74, 6) is 2.37. The van der Waals surface area contributed by atoms with Gasteiger partial charge in [0.2, 0.25) is 0 Å². The van der Waals surface area contributed by atoms with Gasteiger partial charge in [0.15, 0.2) is 0 Å². The third-order valence-electron chi connectivity index (χ3n) is 5.42. The second-order valence-electron chi connectivity index (χ2n) is 6.84. The third-order valence-corrected chi connectivity index (χ3v) is 5.42. The molecule has 0 heterocycles. The molecule has 21 heavy (non-hydrogen) atoms. The molecule has 2 N–H and O–H groups in total. The Morgan fingerprint density at radius 3 is 2.10 bits per heavy atom. The summed E-state index contributed by atoms with van der Waals surface area (Å²) in [5, 5.41) is 13.6. The average molecular weight is 284 g/mol. The van der Waals surface area contributed by atoms with Crippen molar-refractivity contribution < 1.29 is 9.90 Å². The topological polar surface area (TPSA) is 61.7 Å². The van der Waals surface area contributed by atoms with E-state index < -0.39 is 5.97 Å². The molecule has 0 atom stereocenters. The minimum absolute atomic E-state index is 0.308. The van der Waals surface area contributed by atoms with E-state index in [4.69, 9.17) is 5.11 Å². The fourth-order valence-electron chi connectivity index (χ4n) is 4.67. The van der Waals surface area contributed by atoms with Gasteiger partial charge in [0, 0.05) is 5.71 Å². The van der Waals surface area contributed by atoms with Crippen molar-refractivity contribution >= 4 is 17.4 Å². The summed E-state index contributed by atoms with van der Waals surface area (Å²) < 4.78 is 0. The number of nitrogens with one attached hydrogen (secondary N) is 1. The Labute approximate surface area is 124 Å². The van der Waals surface area contributed by atoms with Crippen LogP contribution in [0.15, 0.2) is 29.4 Å². The molecule has 4 aliphatic rings. The van der Waals surface area contributed by atoms with E-state index in [2.05, 4.69) is 10.5 Å². The van der Waals surface area contributed by atoms with Crippen LogP contribution in [0.5, 0.6) is 0 Å². The first-order chi connectivity index (χ1) is 10.2. The van der Waals surface area contributed by atoms with Crippen molar-refractivity contribution in [2.75, 3.05) is 5.43 Å². The molecule has 0 unspecified atom stereocenters. The highest BCUT2D eigenvalue weighted by molar-refractivity contribution is 5.91. The number of benzene rings is 1. The fraction of sp³-hybridized carbons (Fsp3) is 0.529. The molecular formula is C17H20N2O2. The van der Waals surface area contributed by atoms with E-state index >= 15 is 0 Å². The highest BCUT2D eigenvalue weighted by Gasteiger charge is 2.46. The molecule has 0 spiro atoms. The normalized spacial score (nSPS) is 33.0. The van der Waals surface area contributed by atoms with E-state index in [1.54, 1.807) is 24.3 Å². The minimum Gasteiger partial charge on any atom is -0.478 e. The van der Waals surface area contributed by atoms with Crippen molar-refractivity contribution in [1.82, 2.24) is 0 Å². The van der Waals surface area contributed by atoms with Gasteiger partial charge in [0.1, 0.15) is 0 Å². The van der Waals surface area contributed by atoms with Crippen molar-refractivity contribution in [2.45, 2.75) is 32.1 Å². The summed E-state index contributed by atoms with van der Waals surface area (Å²) in [4.78, 5) is 10.8. The number of hydrazone groups is 1. The quantitative estimate of drug-likeness (QED) is 0.833. The second-order valence-corrected chi connectivity index (χ2v) is 6.84. The van der Waals surface area contributed by atoms with E-state index in [9.17, 15) is 4.79 Å². The van der Waals surface area contributed by atoms with Crippen molar-refractivity contribution in [3.05, 3.63) is 29.8 Å². The molecule has 1 aromatic rings. The van der Waals surface area contributed by atoms with Gasteiger partial charge in [-0.1, -0.05) is 0 Å². The van der Waals surface area contributed by atoms with Gasteiger partial charge in [-0.25, -0.2) is 4.79 Å². The third kappa shape index (κ3) is 2.33. The van der Waals surface area contributed by atoms with E-state index in [-0.39, 0.29) is 0 Å². The molecule has 0 saturated heterocycles. The largest absolute Gasteiger partial charge is 0.478 e. The van der Waals surface area contributed by atoms with Gasteiger partial charge in [-0.2, -0.15) is 5.10 Å². The Hall–Kier alpha value is -1.84. The summed E-state index contributed by atoms with van der Waals surface area (Å²) >= 11 is 0. The maximum atomic E-state index is 10.8. The predicted octanol–water partition coefficient (Wildman–Crippen LogP) is 3.61. The van der Waals surface area contributed by atoms with Crippen molar-refractivity contribution in [3.63, 3.8) is 0 Å². The van der Waals surface area contributed by atoms with Crippen LogP contribution in [0, 0.1) is 23.7 Å². The predicted molar refractivity (Wildman–Crippen MR) is 81.5 cm³/mol. The maximum absolute atomic E-state index is 10.8. The van der Waals surface area contributed by atoms with Crippen molar-refractivity contribution in [1.29, 1.82) is 0 Å². The molecule has 110 valence electrons. The second kappa shape index (κ2) is 4.86. The zero-order valence-corrected chi connectivity index (χ0v) is 12.0. The van der Waals surface area contributed by atoms with Crippen molar-refractivity contribution in [3.8, 4) is 0 Å². The molecular weight excluding hydrogens is 264 g/mol. The molecule has 4 heteroatoms. The fourth-order valence-corrected chi connectivity index (χ4v) is 4.67. The molecule has 4 nitrogen and oxygen atoms in total. The number of aromatic carboxylic acids is 1. The lowest BCUT2D eigenvalue weighted by atomic mass is 9.55. The van der Waals surface area contributed by atoms with Crippen LogP contribution in [0.2, 0.25) is 0 Å². The van der Waals surface area contributed by atoms with Crippen LogP contribution in [0.25, 0.3) is 0 Å². The highest BCUT2D eigenvalue weighted by atomic mass is 16.4. The Bertz CT molecular complexity index is 561. The Balaban J connectivity index is 1.49. The summed E-state index contributed by atoms with van der Waals surface area (Å²) in [6, 6.07) is 6.79. The zero-order valence-electron chi connectivity index (χ0n) is 12.0. The van der Waals surface area contributed by atoms with Crippen LogP contribution >= 0.6 is 0 Å². The molecule has 1 aromatic carbocycles. The molecule has 4 aliphatic carbocycles. The molecule has 4 fully saturated rings. The molecule has 4 bridgehead atoms. The number of carboxylic acids is 1. The van der Waals surface area contributed by atoms with Gasteiger partial charge < -0.3 is 5.11 Å². The summed E-state index contributed by atoms with van der Waals surface area (Å²) in [6.45, 7) is 0. The number of rotatable bonds is 3. The van der Waals surface area contributed by atoms with Crippen LogP contribution in [-0.4, -0.2) is 16.8 Å². The Morgan fingerprint density at radius 1 is 1.00 bits per heavy atom. The first-order valence-corrected chi connectivity index (χ1v) is 7.86. The molecule has 0 radical (unpaired) electrons. The number of carbonyl (C=O) groups is 1. The molecule has 0 aromatic heterocycles. The lowest BCUT2D eigenvalue weighted by Crippen LogP contribution is -2.45. The van der Waals surface area contributed by atoms with Gasteiger partial charge >= 0.3 is 5.97 Å². The minimum atomic E-state index is -0.895. The number of carboxylic acid groups (broad SMARTS) is 1. The number of hydrogen-bond donors (Lipinski definition) is 2. The molecule has 4 saturated carbocycles. The van der Waals surface area contributed by atoms with Gasteiger partial charge in [-0.05, 0) is 80.0 Å². The van der Waals surface area contributed by atoms with Gasteiger partial charge in [-0.15, -0.1) is 0 Å². The van der Waals surface area contributed by atoms with Crippen LogP contribution in [0.4, 0.5) is 5.69 Å². The average Bonchev–Trinajstić information content (AvgIpc) is 2.46. The van der Waals surface area contributed by atoms with E-state index in [0.717, 1.165) is 17.5 Å². The first kappa shape index (κ1) is 12.9. The van der Waals surface area contributed by atoms with Crippen molar-refractivity contribution in [2.24, 2.45) is 28.8 Å². The SMILES string of the molecule is O=C(O)c1ccc(NN=C2C3CC4CC(C3)CC2C4)cc1. The molecule has 0 amide bonds. The van der Waals surface area contributed by atoms with Gasteiger partial charge in [0.05, 0.1) is 11.3 Å². The van der Waals surface area contributed by atoms with Crippen LogP contribution in [0.3, 0.4) is 0 Å².